The zero-order valence-electron chi connectivity index (χ0n) is 14.9. The van der Waals surface area contributed by atoms with Crippen molar-refractivity contribution in [2.24, 2.45) is 17.3 Å². The molecule has 3 atom stereocenters. The van der Waals surface area contributed by atoms with Gasteiger partial charge in [-0.25, -0.2) is 0 Å². The van der Waals surface area contributed by atoms with E-state index < -0.39 is 11.0 Å². The van der Waals surface area contributed by atoms with Crippen LogP contribution in [0.5, 0.6) is 0 Å². The van der Waals surface area contributed by atoms with Crippen molar-refractivity contribution < 1.29 is 9.84 Å². The molecular weight excluding hydrogens is 272 g/mol. The van der Waals surface area contributed by atoms with Gasteiger partial charge >= 0.3 is 0 Å². The Morgan fingerprint density at radius 3 is 2.64 bits per heavy atom. The van der Waals surface area contributed by atoms with Crippen molar-refractivity contribution >= 4 is 0 Å². The molecule has 2 nitrogen and oxygen atoms in total. The fourth-order valence-corrected chi connectivity index (χ4v) is 3.65. The third kappa shape index (κ3) is 3.09. The molecule has 0 aromatic carbocycles. The van der Waals surface area contributed by atoms with Crippen LogP contribution in [0.1, 0.15) is 53.9 Å². The van der Waals surface area contributed by atoms with Gasteiger partial charge in [0.25, 0.3) is 0 Å². The van der Waals surface area contributed by atoms with Gasteiger partial charge in [0, 0.05) is 11.3 Å². The lowest BCUT2D eigenvalue weighted by Crippen LogP contribution is -2.48. The highest BCUT2D eigenvalue weighted by Crippen LogP contribution is 2.46. The minimum Gasteiger partial charge on any atom is -0.384 e. The van der Waals surface area contributed by atoms with Gasteiger partial charge in [-0.05, 0) is 57.6 Å². The number of hydrogen-bond donors (Lipinski definition) is 1. The summed E-state index contributed by atoms with van der Waals surface area (Å²) < 4.78 is 6.09. The first-order chi connectivity index (χ1) is 10.1. The van der Waals surface area contributed by atoms with Crippen LogP contribution in [0.3, 0.4) is 0 Å². The summed E-state index contributed by atoms with van der Waals surface area (Å²) in [6.45, 7) is 15.2. The average molecular weight is 304 g/mol. The minimum atomic E-state index is -0.888. The molecule has 22 heavy (non-hydrogen) atoms. The summed E-state index contributed by atoms with van der Waals surface area (Å²) in [6, 6.07) is 0. The standard InChI is InChI=1S/C20H32O2/c1-7-19(6)12-10-16(13-20(19,21)15(2)3)17-9-8-11-18(4,5)22-14-17/h7,10,12-13,15,17,21H,1,8-9,11,14H2,2-6H3/t17?,19-,20-/m0/s1. The van der Waals surface area contributed by atoms with Crippen molar-refractivity contribution in [3.05, 3.63) is 36.5 Å². The highest BCUT2D eigenvalue weighted by atomic mass is 16.5. The smallest absolute Gasteiger partial charge is 0.0978 e. The molecule has 2 heteroatoms. The van der Waals surface area contributed by atoms with Crippen molar-refractivity contribution in [1.82, 2.24) is 0 Å². The molecule has 0 amide bonds. The molecule has 1 aliphatic heterocycles. The Morgan fingerprint density at radius 1 is 1.36 bits per heavy atom. The van der Waals surface area contributed by atoms with E-state index in [4.69, 9.17) is 4.74 Å². The van der Waals surface area contributed by atoms with Crippen molar-refractivity contribution in [1.29, 1.82) is 0 Å². The first kappa shape index (κ1) is 17.5. The molecule has 1 fully saturated rings. The Morgan fingerprint density at radius 2 is 2.05 bits per heavy atom. The number of hydrogen-bond acceptors (Lipinski definition) is 2. The van der Waals surface area contributed by atoms with Crippen molar-refractivity contribution in [2.45, 2.75) is 65.1 Å². The second-order valence-electron chi connectivity index (χ2n) is 8.10. The number of ether oxygens (including phenoxy) is 1. The van der Waals surface area contributed by atoms with Crippen molar-refractivity contribution in [3.63, 3.8) is 0 Å². The van der Waals surface area contributed by atoms with Gasteiger partial charge in [0.2, 0.25) is 0 Å². The number of aliphatic hydroxyl groups is 1. The normalized spacial score (nSPS) is 38.5. The molecule has 2 rings (SSSR count). The summed E-state index contributed by atoms with van der Waals surface area (Å²) in [6.07, 6.45) is 11.6. The molecule has 0 aromatic rings. The molecule has 1 N–H and O–H groups in total. The summed E-state index contributed by atoms with van der Waals surface area (Å²) >= 11 is 0. The zero-order valence-corrected chi connectivity index (χ0v) is 14.9. The Labute approximate surface area is 136 Å². The fourth-order valence-electron chi connectivity index (χ4n) is 3.65. The summed E-state index contributed by atoms with van der Waals surface area (Å²) in [5.41, 5.74) is -0.123. The van der Waals surface area contributed by atoms with Crippen LogP contribution >= 0.6 is 0 Å². The van der Waals surface area contributed by atoms with Crippen LogP contribution in [0.15, 0.2) is 36.5 Å². The van der Waals surface area contributed by atoms with Gasteiger partial charge in [-0.15, -0.1) is 6.58 Å². The third-order valence-corrected chi connectivity index (χ3v) is 5.65. The van der Waals surface area contributed by atoms with Crippen LogP contribution in [-0.2, 0) is 4.74 Å². The first-order valence-electron chi connectivity index (χ1n) is 8.55. The van der Waals surface area contributed by atoms with E-state index in [-0.39, 0.29) is 11.5 Å². The van der Waals surface area contributed by atoms with Crippen LogP contribution in [0.25, 0.3) is 0 Å². The summed E-state index contributed by atoms with van der Waals surface area (Å²) in [7, 11) is 0. The Hall–Kier alpha value is -0.860. The SMILES string of the molecule is C=C[C@@]1(C)C=CC(C2CCCC(C)(C)OC2)=C[C@]1(O)C(C)C. The lowest BCUT2D eigenvalue weighted by molar-refractivity contribution is -0.0305. The van der Waals surface area contributed by atoms with Gasteiger partial charge in [-0.3, -0.25) is 0 Å². The quantitative estimate of drug-likeness (QED) is 0.769. The lowest BCUT2D eigenvalue weighted by atomic mass is 9.63. The summed E-state index contributed by atoms with van der Waals surface area (Å²) in [5.74, 6) is 0.497. The maximum Gasteiger partial charge on any atom is 0.0978 e. The van der Waals surface area contributed by atoms with Gasteiger partial charge < -0.3 is 9.84 Å². The van der Waals surface area contributed by atoms with Gasteiger partial charge in [0.05, 0.1) is 17.8 Å². The molecule has 1 saturated heterocycles. The van der Waals surface area contributed by atoms with Crippen molar-refractivity contribution in [2.75, 3.05) is 6.61 Å². The predicted molar refractivity (Wildman–Crippen MR) is 92.7 cm³/mol. The van der Waals surface area contributed by atoms with Crippen LogP contribution in [0.2, 0.25) is 0 Å². The van der Waals surface area contributed by atoms with Crippen LogP contribution in [0, 0.1) is 17.3 Å². The van der Waals surface area contributed by atoms with E-state index in [0.29, 0.717) is 5.92 Å². The molecule has 0 spiro atoms. The second kappa shape index (κ2) is 5.98. The van der Waals surface area contributed by atoms with E-state index in [9.17, 15) is 5.11 Å². The third-order valence-electron chi connectivity index (χ3n) is 5.65. The first-order valence-corrected chi connectivity index (χ1v) is 8.55. The maximum atomic E-state index is 11.3. The van der Waals surface area contributed by atoms with Crippen LogP contribution in [0.4, 0.5) is 0 Å². The fraction of sp³-hybridized carbons (Fsp3) is 0.700. The predicted octanol–water partition coefficient (Wildman–Crippen LogP) is 4.66. The number of rotatable bonds is 3. The number of allylic oxidation sites excluding steroid dienone is 1. The van der Waals surface area contributed by atoms with Gasteiger partial charge in [0.15, 0.2) is 0 Å². The Balaban J connectivity index is 2.29. The van der Waals surface area contributed by atoms with Gasteiger partial charge in [0.1, 0.15) is 0 Å². The van der Waals surface area contributed by atoms with E-state index >= 15 is 0 Å². The highest BCUT2D eigenvalue weighted by Gasteiger charge is 2.46. The van der Waals surface area contributed by atoms with E-state index in [1.54, 1.807) is 0 Å². The lowest BCUT2D eigenvalue weighted by Gasteiger charge is -2.45. The highest BCUT2D eigenvalue weighted by molar-refractivity contribution is 5.38. The van der Waals surface area contributed by atoms with E-state index in [0.717, 1.165) is 19.4 Å². The van der Waals surface area contributed by atoms with Crippen LogP contribution in [-0.4, -0.2) is 22.9 Å². The summed E-state index contributed by atoms with van der Waals surface area (Å²) in [4.78, 5) is 0. The molecule has 1 aliphatic carbocycles. The molecule has 1 unspecified atom stereocenters. The summed E-state index contributed by atoms with van der Waals surface area (Å²) in [5, 5.41) is 11.3. The van der Waals surface area contributed by atoms with Gasteiger partial charge in [-0.2, -0.15) is 0 Å². The maximum absolute atomic E-state index is 11.3. The molecule has 0 saturated carbocycles. The molecule has 124 valence electrons. The molecule has 1 heterocycles. The van der Waals surface area contributed by atoms with E-state index in [1.807, 2.05) is 6.08 Å². The van der Waals surface area contributed by atoms with Crippen LogP contribution < -0.4 is 0 Å². The van der Waals surface area contributed by atoms with Gasteiger partial charge in [-0.1, -0.05) is 32.1 Å². The Bertz CT molecular complexity index is 486. The molecule has 0 radical (unpaired) electrons. The molecule has 0 aromatic heterocycles. The topological polar surface area (TPSA) is 29.5 Å². The molecular formula is C20H32O2. The molecule has 0 bridgehead atoms. The second-order valence-corrected chi connectivity index (χ2v) is 8.10. The Kier molecular flexibility index (Phi) is 4.75. The molecule has 2 aliphatic rings. The average Bonchev–Trinajstić information content (AvgIpc) is 2.63. The minimum absolute atomic E-state index is 0.0301. The van der Waals surface area contributed by atoms with Crippen molar-refractivity contribution in [3.8, 4) is 0 Å². The zero-order chi connectivity index (χ0) is 16.6. The largest absolute Gasteiger partial charge is 0.384 e. The van der Waals surface area contributed by atoms with E-state index in [1.165, 1.54) is 12.0 Å². The van der Waals surface area contributed by atoms with E-state index in [2.05, 4.69) is 59.4 Å². The monoisotopic (exact) mass is 304 g/mol.